The highest BCUT2D eigenvalue weighted by Crippen LogP contribution is 2.24. The Morgan fingerprint density at radius 1 is 1.40 bits per heavy atom. The Hall–Kier alpha value is -1.33. The number of aromatic nitrogens is 2. The van der Waals surface area contributed by atoms with Crippen LogP contribution in [0, 0.1) is 12.8 Å². The van der Waals surface area contributed by atoms with E-state index in [1.807, 2.05) is 0 Å². The summed E-state index contributed by atoms with van der Waals surface area (Å²) in [5.74, 6) is 2.28. The third-order valence-corrected chi connectivity index (χ3v) is 4.37. The van der Waals surface area contributed by atoms with Gasteiger partial charge in [0, 0.05) is 4.90 Å². The zero-order valence-electron chi connectivity index (χ0n) is 12.2. The lowest BCUT2D eigenvalue weighted by Crippen LogP contribution is -2.18. The molecule has 0 amide bonds. The third-order valence-electron chi connectivity index (χ3n) is 3.38. The Morgan fingerprint density at radius 3 is 2.90 bits per heavy atom. The van der Waals surface area contributed by atoms with Crippen molar-refractivity contribution in [3.63, 3.8) is 0 Å². The van der Waals surface area contributed by atoms with Gasteiger partial charge in [-0.05, 0) is 25.0 Å². The topological polar surface area (TPSA) is 64.9 Å². The molecule has 1 aromatic heterocycles. The average molecular weight is 291 g/mol. The summed E-state index contributed by atoms with van der Waals surface area (Å²) in [6.45, 7) is 6.28. The van der Waals surface area contributed by atoms with Gasteiger partial charge >= 0.3 is 0 Å². The average Bonchev–Trinajstić information content (AvgIpc) is 2.92. The van der Waals surface area contributed by atoms with E-state index in [0.29, 0.717) is 23.4 Å². The Balaban J connectivity index is 1.96. The van der Waals surface area contributed by atoms with Crippen molar-refractivity contribution in [3.05, 3.63) is 41.5 Å². The minimum atomic E-state index is -0.176. The molecule has 5 heteroatoms. The largest absolute Gasteiger partial charge is 0.338 e. The van der Waals surface area contributed by atoms with Gasteiger partial charge in [-0.1, -0.05) is 43.1 Å². The molecule has 4 nitrogen and oxygen atoms in total. The molecule has 0 bridgehead atoms. The molecule has 0 aliphatic carbocycles. The van der Waals surface area contributed by atoms with Gasteiger partial charge in [-0.2, -0.15) is 4.98 Å². The number of nitrogens with two attached hydrogens (primary N) is 1. The summed E-state index contributed by atoms with van der Waals surface area (Å²) in [6.07, 6.45) is 0.997. The van der Waals surface area contributed by atoms with Crippen LogP contribution in [0.4, 0.5) is 0 Å². The molecule has 2 atom stereocenters. The maximum Gasteiger partial charge on any atom is 0.243 e. The molecular formula is C15H21N3OS. The molecule has 108 valence electrons. The first-order valence-corrected chi connectivity index (χ1v) is 7.86. The van der Waals surface area contributed by atoms with Gasteiger partial charge < -0.3 is 10.3 Å². The molecule has 0 spiro atoms. The van der Waals surface area contributed by atoms with E-state index < -0.39 is 0 Å². The summed E-state index contributed by atoms with van der Waals surface area (Å²) in [6, 6.07) is 8.20. The lowest BCUT2D eigenvalue weighted by Gasteiger charge is -2.12. The number of thioether (sulfide) groups is 1. The molecule has 20 heavy (non-hydrogen) atoms. The fraction of sp³-hybridized carbons (Fsp3) is 0.467. The molecule has 0 fully saturated rings. The van der Waals surface area contributed by atoms with E-state index in [1.54, 1.807) is 11.8 Å². The Bertz CT molecular complexity index is 556. The quantitative estimate of drug-likeness (QED) is 0.822. The van der Waals surface area contributed by atoms with Gasteiger partial charge in [0.15, 0.2) is 5.82 Å². The van der Waals surface area contributed by atoms with Crippen molar-refractivity contribution in [2.24, 2.45) is 11.7 Å². The second kappa shape index (κ2) is 6.90. The van der Waals surface area contributed by atoms with Crippen LogP contribution >= 0.6 is 11.8 Å². The fourth-order valence-electron chi connectivity index (χ4n) is 1.81. The Kier molecular flexibility index (Phi) is 5.20. The van der Waals surface area contributed by atoms with Crippen LogP contribution in [0.1, 0.15) is 43.6 Å². The molecule has 0 aliphatic rings. The zero-order chi connectivity index (χ0) is 14.5. The lowest BCUT2D eigenvalue weighted by molar-refractivity contribution is 0.311. The van der Waals surface area contributed by atoms with Crippen LogP contribution in [0.5, 0.6) is 0 Å². The summed E-state index contributed by atoms with van der Waals surface area (Å²) in [5.41, 5.74) is 7.34. The standard InChI is InChI=1S/C15H21N3OS/c1-4-11(3)14(16)15-17-13(18-19-15)9-20-12-7-5-6-10(2)8-12/h5-8,11,14H,4,9,16H2,1-3H3/t11-,14-/m0/s1. The zero-order valence-corrected chi connectivity index (χ0v) is 13.0. The van der Waals surface area contributed by atoms with Crippen molar-refractivity contribution in [2.45, 2.75) is 43.9 Å². The summed E-state index contributed by atoms with van der Waals surface area (Å²) < 4.78 is 5.26. The summed E-state index contributed by atoms with van der Waals surface area (Å²) in [7, 11) is 0. The van der Waals surface area contributed by atoms with Gasteiger partial charge in [0.25, 0.3) is 0 Å². The van der Waals surface area contributed by atoms with E-state index in [-0.39, 0.29) is 6.04 Å². The minimum absolute atomic E-state index is 0.176. The van der Waals surface area contributed by atoms with Crippen molar-refractivity contribution < 1.29 is 4.52 Å². The van der Waals surface area contributed by atoms with E-state index in [4.69, 9.17) is 10.3 Å². The van der Waals surface area contributed by atoms with Crippen molar-refractivity contribution in [1.82, 2.24) is 10.1 Å². The van der Waals surface area contributed by atoms with Crippen LogP contribution in [-0.2, 0) is 5.75 Å². The molecule has 0 radical (unpaired) electrons. The number of rotatable bonds is 6. The number of aryl methyl sites for hydroxylation is 1. The number of hydrogen-bond donors (Lipinski definition) is 1. The first-order chi connectivity index (χ1) is 9.60. The summed E-state index contributed by atoms with van der Waals surface area (Å²) in [5, 5.41) is 4.00. The van der Waals surface area contributed by atoms with Gasteiger partial charge in [-0.25, -0.2) is 0 Å². The Morgan fingerprint density at radius 2 is 2.20 bits per heavy atom. The van der Waals surface area contributed by atoms with Crippen LogP contribution in [0.3, 0.4) is 0 Å². The van der Waals surface area contributed by atoms with Gasteiger partial charge in [0.05, 0.1) is 11.8 Å². The SMILES string of the molecule is CC[C@H](C)[C@H](N)c1nc(CSc2cccc(C)c2)no1. The second-order valence-electron chi connectivity index (χ2n) is 5.07. The van der Waals surface area contributed by atoms with Crippen LogP contribution < -0.4 is 5.73 Å². The van der Waals surface area contributed by atoms with E-state index >= 15 is 0 Å². The predicted molar refractivity (Wildman–Crippen MR) is 81.4 cm³/mol. The van der Waals surface area contributed by atoms with Crippen molar-refractivity contribution >= 4 is 11.8 Å². The molecule has 2 rings (SSSR count). The monoisotopic (exact) mass is 291 g/mol. The molecule has 1 heterocycles. The van der Waals surface area contributed by atoms with Gasteiger partial charge in [0.1, 0.15) is 0 Å². The van der Waals surface area contributed by atoms with Gasteiger partial charge in [-0.3, -0.25) is 0 Å². The molecule has 0 saturated carbocycles. The predicted octanol–water partition coefficient (Wildman–Crippen LogP) is 3.72. The Labute approximate surface area is 124 Å². The van der Waals surface area contributed by atoms with Gasteiger partial charge in [0.2, 0.25) is 5.89 Å². The van der Waals surface area contributed by atoms with Crippen LogP contribution in [0.15, 0.2) is 33.7 Å². The molecule has 0 saturated heterocycles. The molecule has 2 N–H and O–H groups in total. The normalized spacial score (nSPS) is 14.2. The number of hydrogen-bond acceptors (Lipinski definition) is 5. The summed E-state index contributed by atoms with van der Waals surface area (Å²) >= 11 is 1.70. The highest BCUT2D eigenvalue weighted by Gasteiger charge is 2.19. The highest BCUT2D eigenvalue weighted by molar-refractivity contribution is 7.98. The summed E-state index contributed by atoms with van der Waals surface area (Å²) in [4.78, 5) is 5.60. The van der Waals surface area contributed by atoms with E-state index in [9.17, 15) is 0 Å². The van der Waals surface area contributed by atoms with Gasteiger partial charge in [-0.15, -0.1) is 11.8 Å². The first kappa shape index (κ1) is 15.1. The van der Waals surface area contributed by atoms with E-state index in [2.05, 4.69) is 55.2 Å². The number of nitrogens with zero attached hydrogens (tertiary/aromatic N) is 2. The number of benzene rings is 1. The van der Waals surface area contributed by atoms with Crippen LogP contribution in [-0.4, -0.2) is 10.1 Å². The minimum Gasteiger partial charge on any atom is -0.338 e. The molecule has 0 unspecified atom stereocenters. The highest BCUT2D eigenvalue weighted by atomic mass is 32.2. The van der Waals surface area contributed by atoms with Crippen LogP contribution in [0.2, 0.25) is 0 Å². The van der Waals surface area contributed by atoms with Crippen molar-refractivity contribution in [3.8, 4) is 0 Å². The lowest BCUT2D eigenvalue weighted by atomic mass is 10.0. The molecule has 1 aromatic carbocycles. The second-order valence-corrected chi connectivity index (χ2v) is 6.11. The molecule has 0 aliphatic heterocycles. The van der Waals surface area contributed by atoms with Crippen molar-refractivity contribution in [1.29, 1.82) is 0 Å². The maximum absolute atomic E-state index is 6.09. The molecule has 2 aromatic rings. The van der Waals surface area contributed by atoms with Crippen LogP contribution in [0.25, 0.3) is 0 Å². The molecular weight excluding hydrogens is 270 g/mol. The van der Waals surface area contributed by atoms with E-state index in [1.165, 1.54) is 10.5 Å². The maximum atomic E-state index is 6.09. The van der Waals surface area contributed by atoms with Crippen molar-refractivity contribution in [2.75, 3.05) is 0 Å². The van der Waals surface area contributed by atoms with E-state index in [0.717, 1.165) is 6.42 Å². The first-order valence-electron chi connectivity index (χ1n) is 6.87. The smallest absolute Gasteiger partial charge is 0.243 e. The third kappa shape index (κ3) is 3.84. The fourth-order valence-corrected chi connectivity index (χ4v) is 2.67.